The van der Waals surface area contributed by atoms with Gasteiger partial charge in [-0.1, -0.05) is 6.42 Å². The van der Waals surface area contributed by atoms with Gasteiger partial charge in [-0.25, -0.2) is 0 Å². The van der Waals surface area contributed by atoms with Crippen LogP contribution in [-0.4, -0.2) is 39.0 Å². The summed E-state index contributed by atoms with van der Waals surface area (Å²) in [5.41, 5.74) is 0. The molecule has 3 atom stereocenters. The molecule has 3 nitrogen and oxygen atoms in total. The van der Waals surface area contributed by atoms with Crippen LogP contribution in [0.4, 0.5) is 0 Å². The summed E-state index contributed by atoms with van der Waals surface area (Å²) in [6.45, 7) is 2.85. The van der Waals surface area contributed by atoms with Crippen molar-refractivity contribution in [3.63, 3.8) is 0 Å². The molecule has 0 aromatic carbocycles. The standard InChI is InChI=1S/C13H25NO2/c1-14-13-7-9-15-10-11(13)4-2-5-12-6-3-8-16-12/h11-14H,2-10H2,1H3. The van der Waals surface area contributed by atoms with Crippen molar-refractivity contribution in [2.75, 3.05) is 26.9 Å². The molecule has 2 fully saturated rings. The van der Waals surface area contributed by atoms with Crippen molar-refractivity contribution in [3.8, 4) is 0 Å². The lowest BCUT2D eigenvalue weighted by Crippen LogP contribution is -2.40. The van der Waals surface area contributed by atoms with Crippen LogP contribution in [0.25, 0.3) is 0 Å². The van der Waals surface area contributed by atoms with Crippen molar-refractivity contribution in [3.05, 3.63) is 0 Å². The van der Waals surface area contributed by atoms with E-state index in [4.69, 9.17) is 9.47 Å². The summed E-state index contributed by atoms with van der Waals surface area (Å²) in [5.74, 6) is 0.708. The molecule has 3 unspecified atom stereocenters. The zero-order valence-electron chi connectivity index (χ0n) is 10.4. The fourth-order valence-electron chi connectivity index (χ4n) is 2.94. The number of nitrogens with one attached hydrogen (secondary N) is 1. The van der Waals surface area contributed by atoms with Crippen molar-refractivity contribution in [2.24, 2.45) is 5.92 Å². The highest BCUT2D eigenvalue weighted by molar-refractivity contribution is 4.79. The molecule has 3 heteroatoms. The van der Waals surface area contributed by atoms with E-state index < -0.39 is 0 Å². The molecule has 0 aromatic rings. The van der Waals surface area contributed by atoms with E-state index in [-0.39, 0.29) is 0 Å². The van der Waals surface area contributed by atoms with E-state index in [0.717, 1.165) is 19.8 Å². The van der Waals surface area contributed by atoms with Crippen molar-refractivity contribution >= 4 is 0 Å². The molecule has 2 heterocycles. The Labute approximate surface area is 98.9 Å². The maximum Gasteiger partial charge on any atom is 0.0576 e. The van der Waals surface area contributed by atoms with Crippen molar-refractivity contribution in [1.29, 1.82) is 0 Å². The van der Waals surface area contributed by atoms with Crippen LogP contribution in [0.2, 0.25) is 0 Å². The van der Waals surface area contributed by atoms with Gasteiger partial charge in [-0.3, -0.25) is 0 Å². The minimum atomic E-state index is 0.553. The second-order valence-corrected chi connectivity index (χ2v) is 5.08. The lowest BCUT2D eigenvalue weighted by Gasteiger charge is -2.31. The molecule has 2 aliphatic rings. The number of hydrogen-bond acceptors (Lipinski definition) is 3. The topological polar surface area (TPSA) is 30.5 Å². The van der Waals surface area contributed by atoms with E-state index in [1.807, 2.05) is 0 Å². The average Bonchev–Trinajstić information content (AvgIpc) is 2.83. The van der Waals surface area contributed by atoms with Crippen LogP contribution in [0.3, 0.4) is 0 Å². The van der Waals surface area contributed by atoms with Gasteiger partial charge in [-0.05, 0) is 45.1 Å². The molecule has 94 valence electrons. The normalized spacial score (nSPS) is 35.4. The van der Waals surface area contributed by atoms with Crippen LogP contribution < -0.4 is 5.32 Å². The fourth-order valence-corrected chi connectivity index (χ4v) is 2.94. The summed E-state index contributed by atoms with van der Waals surface area (Å²) < 4.78 is 11.2. The molecule has 0 spiro atoms. The van der Waals surface area contributed by atoms with E-state index in [1.54, 1.807) is 0 Å². The van der Waals surface area contributed by atoms with Crippen LogP contribution in [0.1, 0.15) is 38.5 Å². The zero-order chi connectivity index (χ0) is 11.2. The third-order valence-corrected chi connectivity index (χ3v) is 3.97. The van der Waals surface area contributed by atoms with Crippen LogP contribution in [0, 0.1) is 5.92 Å². The van der Waals surface area contributed by atoms with Crippen molar-refractivity contribution in [1.82, 2.24) is 5.32 Å². The molecule has 0 aromatic heterocycles. The van der Waals surface area contributed by atoms with E-state index in [9.17, 15) is 0 Å². The maximum atomic E-state index is 5.65. The van der Waals surface area contributed by atoms with Crippen LogP contribution in [0.15, 0.2) is 0 Å². The number of hydrogen-bond donors (Lipinski definition) is 1. The first-order chi connectivity index (χ1) is 7.90. The maximum absolute atomic E-state index is 5.65. The second-order valence-electron chi connectivity index (χ2n) is 5.08. The highest BCUT2D eigenvalue weighted by atomic mass is 16.5. The summed E-state index contributed by atoms with van der Waals surface area (Å²) in [5, 5.41) is 3.42. The predicted octanol–water partition coefficient (Wildman–Crippen LogP) is 1.96. The smallest absolute Gasteiger partial charge is 0.0576 e. The van der Waals surface area contributed by atoms with Crippen LogP contribution in [-0.2, 0) is 9.47 Å². The molecule has 2 saturated heterocycles. The monoisotopic (exact) mass is 227 g/mol. The van der Waals surface area contributed by atoms with Crippen LogP contribution >= 0.6 is 0 Å². The summed E-state index contributed by atoms with van der Waals surface area (Å²) in [4.78, 5) is 0. The summed E-state index contributed by atoms with van der Waals surface area (Å²) in [6, 6.07) is 0.665. The lowest BCUT2D eigenvalue weighted by atomic mass is 9.90. The lowest BCUT2D eigenvalue weighted by molar-refractivity contribution is 0.0273. The molecule has 1 N–H and O–H groups in total. The summed E-state index contributed by atoms with van der Waals surface area (Å²) >= 11 is 0. The van der Waals surface area contributed by atoms with E-state index in [2.05, 4.69) is 12.4 Å². The minimum Gasteiger partial charge on any atom is -0.381 e. The Morgan fingerprint density at radius 3 is 2.88 bits per heavy atom. The van der Waals surface area contributed by atoms with Gasteiger partial charge >= 0.3 is 0 Å². The fraction of sp³-hybridized carbons (Fsp3) is 1.00. The van der Waals surface area contributed by atoms with Crippen molar-refractivity contribution < 1.29 is 9.47 Å². The quantitative estimate of drug-likeness (QED) is 0.779. The molecule has 0 amide bonds. The Morgan fingerprint density at radius 1 is 1.19 bits per heavy atom. The summed E-state index contributed by atoms with van der Waals surface area (Å²) in [7, 11) is 2.07. The minimum absolute atomic E-state index is 0.553. The van der Waals surface area contributed by atoms with Crippen LogP contribution in [0.5, 0.6) is 0 Å². The third-order valence-electron chi connectivity index (χ3n) is 3.97. The van der Waals surface area contributed by atoms with Gasteiger partial charge in [-0.2, -0.15) is 0 Å². The highest BCUT2D eigenvalue weighted by Gasteiger charge is 2.24. The molecule has 16 heavy (non-hydrogen) atoms. The first-order valence-corrected chi connectivity index (χ1v) is 6.76. The van der Waals surface area contributed by atoms with Gasteiger partial charge in [0.2, 0.25) is 0 Å². The van der Waals surface area contributed by atoms with E-state index in [1.165, 1.54) is 38.5 Å². The first kappa shape index (κ1) is 12.3. The Morgan fingerprint density at radius 2 is 2.12 bits per heavy atom. The summed E-state index contributed by atoms with van der Waals surface area (Å²) in [6.07, 6.45) is 8.07. The molecule has 0 bridgehead atoms. The van der Waals surface area contributed by atoms with E-state index >= 15 is 0 Å². The Kier molecular flexibility index (Phi) is 5.07. The third kappa shape index (κ3) is 3.44. The number of ether oxygens (including phenoxy) is 2. The largest absolute Gasteiger partial charge is 0.381 e. The second kappa shape index (κ2) is 6.58. The molecule has 0 radical (unpaired) electrons. The molecule has 0 saturated carbocycles. The Hall–Kier alpha value is -0.120. The van der Waals surface area contributed by atoms with Crippen molar-refractivity contribution in [2.45, 2.75) is 50.7 Å². The highest BCUT2D eigenvalue weighted by Crippen LogP contribution is 2.23. The molecule has 0 aliphatic carbocycles. The zero-order valence-corrected chi connectivity index (χ0v) is 10.4. The van der Waals surface area contributed by atoms with Gasteiger partial charge in [0, 0.05) is 19.3 Å². The Balaban J connectivity index is 1.63. The number of rotatable bonds is 5. The molecule has 2 aliphatic heterocycles. The molecular weight excluding hydrogens is 202 g/mol. The van der Waals surface area contributed by atoms with Gasteiger partial charge in [0.15, 0.2) is 0 Å². The van der Waals surface area contributed by atoms with E-state index in [0.29, 0.717) is 18.1 Å². The first-order valence-electron chi connectivity index (χ1n) is 6.76. The van der Waals surface area contributed by atoms with Gasteiger partial charge in [0.1, 0.15) is 0 Å². The average molecular weight is 227 g/mol. The Bertz CT molecular complexity index is 192. The van der Waals surface area contributed by atoms with Gasteiger partial charge in [-0.15, -0.1) is 0 Å². The molecule has 2 rings (SSSR count). The molecular formula is C13H25NO2. The SMILES string of the molecule is CNC1CCOCC1CCCC1CCCO1. The van der Waals surface area contributed by atoms with Gasteiger partial charge < -0.3 is 14.8 Å². The van der Waals surface area contributed by atoms with Gasteiger partial charge in [0.05, 0.1) is 12.7 Å². The van der Waals surface area contributed by atoms with Gasteiger partial charge in [0.25, 0.3) is 0 Å². The predicted molar refractivity (Wildman–Crippen MR) is 64.6 cm³/mol.